The van der Waals surface area contributed by atoms with Gasteiger partial charge < -0.3 is 15.2 Å². The smallest absolute Gasteiger partial charge is 0.488 e. The molecule has 0 unspecified atom stereocenters. The van der Waals surface area contributed by atoms with Crippen molar-refractivity contribution in [2.45, 2.75) is 32.6 Å². The number of allylic oxidation sites excluding steroid dienone is 2. The predicted molar refractivity (Wildman–Crippen MR) is 205 cm³/mol. The number of amides is 4. The minimum Gasteiger partial charge on any atom is -0.508 e. The van der Waals surface area contributed by atoms with Crippen molar-refractivity contribution in [3.8, 4) is 16.3 Å². The van der Waals surface area contributed by atoms with E-state index in [1.165, 1.54) is 21.7 Å². The molecule has 3 aromatic carbocycles. The number of imide groups is 2. The highest BCUT2D eigenvalue weighted by atomic mass is 35.5. The Hall–Kier alpha value is -5.08. The van der Waals surface area contributed by atoms with E-state index in [4.69, 9.17) is 16.7 Å². The Balaban J connectivity index is 1.14. The molecule has 4 heterocycles. The molecule has 4 aliphatic rings. The summed E-state index contributed by atoms with van der Waals surface area (Å²) in [7, 11) is -0.0974. The van der Waals surface area contributed by atoms with Gasteiger partial charge in [-0.15, -0.1) is 11.3 Å². The highest BCUT2D eigenvalue weighted by Gasteiger charge is 2.68. The summed E-state index contributed by atoms with van der Waals surface area (Å²) < 4.78 is 2.57. The van der Waals surface area contributed by atoms with Crippen molar-refractivity contribution in [2.75, 3.05) is 9.80 Å². The maximum Gasteiger partial charge on any atom is 0.488 e. The average molecular weight is 761 g/mol. The Morgan fingerprint density at radius 3 is 2.46 bits per heavy atom. The van der Waals surface area contributed by atoms with Crippen molar-refractivity contribution < 1.29 is 34.3 Å². The number of hydrogen-bond donors (Lipinski definition) is 3. The van der Waals surface area contributed by atoms with Crippen LogP contribution in [0.5, 0.6) is 5.75 Å². The fourth-order valence-electron chi connectivity index (χ4n) is 9.60. The second-order valence-corrected chi connectivity index (χ2v) is 16.4. The zero-order valence-electron chi connectivity index (χ0n) is 29.4. The van der Waals surface area contributed by atoms with Gasteiger partial charge in [-0.1, -0.05) is 53.6 Å². The quantitative estimate of drug-likeness (QED) is 0.127. The normalized spacial score (nSPS) is 26.3. The van der Waals surface area contributed by atoms with Crippen molar-refractivity contribution in [3.63, 3.8) is 0 Å². The number of aromatic hydroxyl groups is 1. The van der Waals surface area contributed by atoms with E-state index in [-0.39, 0.29) is 29.7 Å². The Kier molecular flexibility index (Phi) is 7.85. The minimum atomic E-state index is -1.79. The van der Waals surface area contributed by atoms with Gasteiger partial charge in [-0.3, -0.25) is 28.8 Å². The second-order valence-electron chi connectivity index (χ2n) is 14.9. The number of para-hydroxylation sites is 1. The fourth-order valence-corrected chi connectivity index (χ4v) is 10.9. The van der Waals surface area contributed by atoms with Crippen LogP contribution in [0.2, 0.25) is 5.02 Å². The molecule has 2 aromatic heterocycles. The van der Waals surface area contributed by atoms with E-state index >= 15 is 4.79 Å². The zero-order chi connectivity index (χ0) is 38.0. The van der Waals surface area contributed by atoms with Gasteiger partial charge in [0, 0.05) is 34.3 Å². The first-order chi connectivity index (χ1) is 25.8. The minimum absolute atomic E-state index is 0.0390. The molecular formula is C40H34BClN4O7S. The van der Waals surface area contributed by atoms with Crippen LogP contribution in [-0.2, 0) is 26.2 Å². The first-order valence-corrected chi connectivity index (χ1v) is 18.9. The number of hydrogen-bond acceptors (Lipinski definition) is 9. The number of benzene rings is 3. The number of nitrogens with zero attached hydrogens (tertiary/aromatic N) is 4. The Morgan fingerprint density at radius 1 is 0.926 bits per heavy atom. The highest BCUT2D eigenvalue weighted by Crippen LogP contribution is 2.64. The zero-order valence-corrected chi connectivity index (χ0v) is 31.0. The number of halogens is 1. The predicted octanol–water partition coefficient (Wildman–Crippen LogP) is 5.08. The summed E-state index contributed by atoms with van der Waals surface area (Å²) in [6.45, 7) is 3.76. The van der Waals surface area contributed by atoms with Crippen LogP contribution in [0.3, 0.4) is 0 Å². The number of thiophene rings is 1. The number of aromatic nitrogens is 2. The molecule has 54 heavy (non-hydrogen) atoms. The lowest BCUT2D eigenvalue weighted by molar-refractivity contribution is -0.131. The average Bonchev–Trinajstić information content (AvgIpc) is 3.82. The molecule has 5 aromatic rings. The molecule has 3 fully saturated rings. The molecular weight excluding hydrogens is 727 g/mol. The van der Waals surface area contributed by atoms with Gasteiger partial charge in [-0.05, 0) is 85.4 Å². The van der Waals surface area contributed by atoms with Crippen LogP contribution in [0, 0.1) is 36.0 Å². The van der Waals surface area contributed by atoms with Crippen LogP contribution < -0.4 is 15.3 Å². The molecule has 4 amide bonds. The van der Waals surface area contributed by atoms with E-state index in [0.717, 1.165) is 31.0 Å². The van der Waals surface area contributed by atoms with Crippen LogP contribution in [0.4, 0.5) is 11.5 Å². The summed E-state index contributed by atoms with van der Waals surface area (Å²) in [6, 6.07) is 20.2. The molecule has 2 saturated heterocycles. The number of rotatable bonds is 5. The van der Waals surface area contributed by atoms with Gasteiger partial charge in [0.1, 0.15) is 17.3 Å². The summed E-state index contributed by atoms with van der Waals surface area (Å²) in [5.74, 6) is -5.27. The van der Waals surface area contributed by atoms with Crippen LogP contribution in [0.1, 0.15) is 36.8 Å². The third-order valence-corrected chi connectivity index (χ3v) is 13.7. The molecule has 3 N–H and O–H groups in total. The monoisotopic (exact) mass is 760 g/mol. The van der Waals surface area contributed by atoms with Gasteiger partial charge in [0.25, 0.3) is 0 Å². The largest absolute Gasteiger partial charge is 0.508 e. The molecule has 0 spiro atoms. The van der Waals surface area contributed by atoms with Gasteiger partial charge in [0.2, 0.25) is 23.6 Å². The SMILES string of the molecule is Cc1c(-c2cc(N3C(=O)[C@@H]4C[C@@H]5C(=CC[C@@H]6C(=O)N(c7cccc(B(O)O)c7)C(=O)[C@@H]65)[C@H](c5ccccc5O)[C@]4(C)C3=O)n(C)n2)sc2ccc(Cl)cc12. The van der Waals surface area contributed by atoms with E-state index in [0.29, 0.717) is 22.1 Å². The van der Waals surface area contributed by atoms with Crippen molar-refractivity contribution in [2.24, 2.45) is 36.1 Å². The lowest BCUT2D eigenvalue weighted by Gasteiger charge is -2.49. The van der Waals surface area contributed by atoms with Gasteiger partial charge in [-0.2, -0.15) is 5.10 Å². The first kappa shape index (κ1) is 34.7. The molecule has 1 saturated carbocycles. The number of fused-ring (bicyclic) bond motifs is 5. The molecule has 0 bridgehead atoms. The lowest BCUT2D eigenvalue weighted by atomic mass is 9.51. The van der Waals surface area contributed by atoms with E-state index in [2.05, 4.69) is 0 Å². The topological polar surface area (TPSA) is 153 Å². The van der Waals surface area contributed by atoms with Crippen molar-refractivity contribution in [3.05, 3.63) is 101 Å². The molecule has 11 nitrogen and oxygen atoms in total. The summed E-state index contributed by atoms with van der Waals surface area (Å²) in [4.78, 5) is 61.4. The second kappa shape index (κ2) is 12.2. The fraction of sp³-hybridized carbons (Fsp3) is 0.275. The Bertz CT molecular complexity index is 2510. The Morgan fingerprint density at radius 2 is 1.70 bits per heavy atom. The summed E-state index contributed by atoms with van der Waals surface area (Å²) in [5.41, 5.74) is 1.81. The highest BCUT2D eigenvalue weighted by molar-refractivity contribution is 7.22. The van der Waals surface area contributed by atoms with Gasteiger partial charge in [0.15, 0.2) is 0 Å². The summed E-state index contributed by atoms with van der Waals surface area (Å²) >= 11 is 7.85. The number of aryl methyl sites for hydroxylation is 2. The molecule has 9 rings (SSSR count). The standard InChI is InChI=1S/C40H34BClN4O7S/c1-19-26-16-21(42)11-14-31(26)54-35(19)29-18-32(44(3)43-29)46-37(49)28-17-27-23(34(40(28,2)39(46)51)24-9-4-5-10-30(24)47)12-13-25-33(27)38(50)45(36(25)48)22-8-6-7-20(15-22)41(52)53/h4-12,14-16,18,25,27-28,33-34,47,52-53H,13,17H2,1-3H3/t25-,27+,28-,33-,34+,40+/m0/s1. The van der Waals surface area contributed by atoms with Crippen molar-refractivity contribution in [1.29, 1.82) is 0 Å². The van der Waals surface area contributed by atoms with E-state index in [9.17, 15) is 29.5 Å². The van der Waals surface area contributed by atoms with Crippen LogP contribution >= 0.6 is 22.9 Å². The third-order valence-electron chi connectivity index (χ3n) is 12.2. The van der Waals surface area contributed by atoms with Gasteiger partial charge >= 0.3 is 7.12 Å². The first-order valence-electron chi connectivity index (χ1n) is 17.7. The lowest BCUT2D eigenvalue weighted by Crippen LogP contribution is -2.49. The number of anilines is 2. The van der Waals surface area contributed by atoms with Gasteiger partial charge in [0.05, 0.1) is 33.7 Å². The summed E-state index contributed by atoms with van der Waals surface area (Å²) in [5, 5.41) is 37.3. The number of carbonyl (C=O) groups is 4. The molecule has 2 aliphatic carbocycles. The number of phenols is 1. The van der Waals surface area contributed by atoms with Gasteiger partial charge in [-0.25, -0.2) is 4.90 Å². The maximum atomic E-state index is 15.0. The summed E-state index contributed by atoms with van der Waals surface area (Å²) in [6.07, 6.45) is 2.28. The van der Waals surface area contributed by atoms with Crippen LogP contribution in [0.25, 0.3) is 20.7 Å². The molecule has 272 valence electrons. The Labute approximate surface area is 319 Å². The molecule has 6 atom stereocenters. The van der Waals surface area contributed by atoms with Crippen molar-refractivity contribution >= 4 is 80.7 Å². The molecule has 2 aliphatic heterocycles. The third kappa shape index (κ3) is 4.78. The van der Waals surface area contributed by atoms with E-state index in [1.54, 1.807) is 67.8 Å². The number of phenolic OH excluding ortho intramolecular Hbond substituents is 1. The maximum absolute atomic E-state index is 15.0. The van der Waals surface area contributed by atoms with Crippen molar-refractivity contribution in [1.82, 2.24) is 9.78 Å². The molecule has 0 radical (unpaired) electrons. The van der Waals surface area contributed by atoms with E-state index < -0.39 is 65.8 Å². The van der Waals surface area contributed by atoms with Crippen LogP contribution in [0.15, 0.2) is 84.4 Å². The van der Waals surface area contributed by atoms with E-state index in [1.807, 2.05) is 31.2 Å². The molecule has 14 heteroatoms. The van der Waals surface area contributed by atoms with Crippen LogP contribution in [-0.4, -0.2) is 55.7 Å². The number of carbonyl (C=O) groups excluding carboxylic acids is 4.